The van der Waals surface area contributed by atoms with E-state index in [0.717, 1.165) is 5.56 Å². The monoisotopic (exact) mass is 551 g/mol. The van der Waals surface area contributed by atoms with Crippen LogP contribution in [-0.2, 0) is 25.5 Å². The van der Waals surface area contributed by atoms with E-state index in [2.05, 4.69) is 10.6 Å². The molecule has 0 aromatic heterocycles. The van der Waals surface area contributed by atoms with Crippen molar-refractivity contribution in [2.45, 2.75) is 38.8 Å². The third-order valence-corrected chi connectivity index (χ3v) is 6.15. The minimum atomic E-state index is -0.948. The molecule has 11 heteroatoms. The van der Waals surface area contributed by atoms with Crippen LogP contribution in [-0.4, -0.2) is 74.8 Å². The molecule has 0 radical (unpaired) electrons. The van der Waals surface area contributed by atoms with E-state index in [1.807, 2.05) is 36.4 Å². The number of esters is 2. The molecule has 0 unspecified atom stereocenters. The number of carbonyl (C=O) groups is 4. The maximum atomic E-state index is 13.5. The average molecular weight is 552 g/mol. The van der Waals surface area contributed by atoms with Gasteiger partial charge in [-0.25, -0.2) is 19.2 Å². The third-order valence-electron chi connectivity index (χ3n) is 6.15. The van der Waals surface area contributed by atoms with Crippen LogP contribution in [0.5, 0.6) is 0 Å². The van der Waals surface area contributed by atoms with Crippen molar-refractivity contribution in [1.29, 1.82) is 5.26 Å². The van der Waals surface area contributed by atoms with Gasteiger partial charge in [-0.15, -0.1) is 0 Å². The zero-order valence-corrected chi connectivity index (χ0v) is 23.3. The fourth-order valence-electron chi connectivity index (χ4n) is 3.94. The Balaban J connectivity index is 2.26. The summed E-state index contributed by atoms with van der Waals surface area (Å²) in [5, 5.41) is 14.6. The molecular formula is C29H37N5O6. The van der Waals surface area contributed by atoms with Gasteiger partial charge in [0.2, 0.25) is 0 Å². The first kappa shape index (κ1) is 31.6. The lowest BCUT2D eigenvalue weighted by atomic mass is 10.1. The lowest BCUT2D eigenvalue weighted by Gasteiger charge is -2.30. The summed E-state index contributed by atoms with van der Waals surface area (Å²) in [5.41, 5.74) is 1.38. The number of hydrogen-bond acceptors (Lipinski definition) is 7. The molecule has 2 aromatic carbocycles. The first-order valence-corrected chi connectivity index (χ1v) is 13.0. The number of nitrogens with zero attached hydrogens (tertiary/aromatic N) is 3. The molecule has 40 heavy (non-hydrogen) atoms. The van der Waals surface area contributed by atoms with Gasteiger partial charge in [0.05, 0.1) is 26.7 Å². The molecular weight excluding hydrogens is 514 g/mol. The molecule has 0 aliphatic carbocycles. The number of benzene rings is 2. The summed E-state index contributed by atoms with van der Waals surface area (Å²) < 4.78 is 9.74. The van der Waals surface area contributed by atoms with Gasteiger partial charge in [0.15, 0.2) is 0 Å². The molecule has 0 aliphatic rings. The highest BCUT2D eigenvalue weighted by molar-refractivity contribution is 5.95. The van der Waals surface area contributed by atoms with Gasteiger partial charge in [0.25, 0.3) is 0 Å². The number of amides is 4. The number of hydrogen-bond donors (Lipinski definition) is 2. The highest BCUT2D eigenvalue weighted by Crippen LogP contribution is 2.15. The predicted molar refractivity (Wildman–Crippen MR) is 149 cm³/mol. The molecule has 11 nitrogen and oxygen atoms in total. The van der Waals surface area contributed by atoms with Crippen LogP contribution in [0.4, 0.5) is 15.3 Å². The first-order chi connectivity index (χ1) is 19.2. The smallest absolute Gasteiger partial charge is 0.328 e. The van der Waals surface area contributed by atoms with Crippen molar-refractivity contribution in [2.75, 3.05) is 38.8 Å². The second-order valence-electron chi connectivity index (χ2n) is 9.29. The molecule has 214 valence electrons. The molecule has 0 saturated heterocycles. The number of carbonyl (C=O) groups excluding carboxylic acids is 4. The number of nitrogens with one attached hydrogen (secondary N) is 2. The minimum absolute atomic E-state index is 0.0402. The van der Waals surface area contributed by atoms with Crippen molar-refractivity contribution >= 4 is 29.7 Å². The molecule has 0 fully saturated rings. The second-order valence-corrected chi connectivity index (χ2v) is 9.29. The van der Waals surface area contributed by atoms with Crippen LogP contribution in [0.2, 0.25) is 0 Å². The number of para-hydroxylation sites is 1. The standard InChI is InChI=1S/C29H37N5O6/c1-21(2)25(27(36)40-4)32-28(37)33(17-11-16-30)18-19-34(23-14-9-6-10-15-23)29(38)31-24(26(35)39-3)20-22-12-7-5-8-13-22/h5-10,12-15,21,24-25H,11,17-20H2,1-4H3,(H,31,38)(H,32,37)/t24-,25-/m0/s1. The Kier molecular flexibility index (Phi) is 13.0. The summed E-state index contributed by atoms with van der Waals surface area (Å²) >= 11 is 0. The number of ether oxygens (including phenoxy) is 2. The fourth-order valence-corrected chi connectivity index (χ4v) is 3.94. The van der Waals surface area contributed by atoms with Crippen molar-refractivity contribution in [3.8, 4) is 6.07 Å². The van der Waals surface area contributed by atoms with Gasteiger partial charge in [-0.2, -0.15) is 5.26 Å². The number of rotatable bonds is 13. The van der Waals surface area contributed by atoms with Gasteiger partial charge in [-0.1, -0.05) is 62.4 Å². The van der Waals surface area contributed by atoms with Crippen molar-refractivity contribution < 1.29 is 28.7 Å². The molecule has 0 spiro atoms. The van der Waals surface area contributed by atoms with Gasteiger partial charge in [-0.05, 0) is 23.6 Å². The van der Waals surface area contributed by atoms with Crippen LogP contribution < -0.4 is 15.5 Å². The Bertz CT molecular complexity index is 1150. The Hall–Kier alpha value is -4.59. The molecule has 0 heterocycles. The van der Waals surface area contributed by atoms with Crippen molar-refractivity contribution in [1.82, 2.24) is 15.5 Å². The summed E-state index contributed by atoms with van der Waals surface area (Å²) in [7, 11) is 2.50. The molecule has 2 rings (SSSR count). The van der Waals surface area contributed by atoms with E-state index < -0.39 is 36.1 Å². The molecule has 0 bridgehead atoms. The maximum Gasteiger partial charge on any atom is 0.328 e. The van der Waals surface area contributed by atoms with Crippen molar-refractivity contribution in [3.05, 3.63) is 66.2 Å². The van der Waals surface area contributed by atoms with E-state index >= 15 is 0 Å². The number of anilines is 1. The molecule has 2 N–H and O–H groups in total. The molecule has 2 aromatic rings. The topological polar surface area (TPSA) is 141 Å². The van der Waals surface area contributed by atoms with Crippen LogP contribution in [0, 0.1) is 17.2 Å². The number of nitriles is 1. The highest BCUT2D eigenvalue weighted by Gasteiger charge is 2.29. The van der Waals surface area contributed by atoms with Gasteiger partial charge in [-0.3, -0.25) is 4.90 Å². The van der Waals surface area contributed by atoms with E-state index in [1.54, 1.807) is 44.2 Å². The summed E-state index contributed by atoms with van der Waals surface area (Å²) in [5.74, 6) is -1.41. The SMILES string of the molecule is COC(=O)[C@H](Cc1ccccc1)NC(=O)N(CCN(CCC#N)C(=O)N[C@H](C(=O)OC)C(C)C)c1ccccc1. The number of urea groups is 2. The predicted octanol–water partition coefficient (Wildman–Crippen LogP) is 3.11. The quantitative estimate of drug-likeness (QED) is 0.365. The van der Waals surface area contributed by atoms with Crippen molar-refractivity contribution in [2.24, 2.45) is 5.92 Å². The van der Waals surface area contributed by atoms with E-state index in [4.69, 9.17) is 14.7 Å². The highest BCUT2D eigenvalue weighted by atomic mass is 16.5. The average Bonchev–Trinajstić information content (AvgIpc) is 2.97. The molecule has 0 saturated carbocycles. The Labute approximate surface area is 235 Å². The zero-order valence-electron chi connectivity index (χ0n) is 23.3. The van der Waals surface area contributed by atoms with E-state index in [-0.39, 0.29) is 38.4 Å². The normalized spacial score (nSPS) is 11.9. The summed E-state index contributed by atoms with van der Waals surface area (Å²) in [6.07, 6.45) is 0.277. The molecule has 4 amide bonds. The van der Waals surface area contributed by atoms with Crippen molar-refractivity contribution in [3.63, 3.8) is 0 Å². The first-order valence-electron chi connectivity index (χ1n) is 13.0. The van der Waals surface area contributed by atoms with E-state index in [0.29, 0.717) is 5.69 Å². The van der Waals surface area contributed by atoms with Gasteiger partial charge < -0.3 is 25.0 Å². The second kappa shape index (κ2) is 16.4. The van der Waals surface area contributed by atoms with Crippen LogP contribution in [0.1, 0.15) is 25.8 Å². The van der Waals surface area contributed by atoms with Crippen LogP contribution in [0.3, 0.4) is 0 Å². The Morgan fingerprint density at radius 2 is 1.43 bits per heavy atom. The largest absolute Gasteiger partial charge is 0.467 e. The minimum Gasteiger partial charge on any atom is -0.467 e. The van der Waals surface area contributed by atoms with Crippen LogP contribution >= 0.6 is 0 Å². The fraction of sp³-hybridized carbons (Fsp3) is 0.414. The Morgan fingerprint density at radius 3 is 1.98 bits per heavy atom. The Morgan fingerprint density at radius 1 is 0.825 bits per heavy atom. The summed E-state index contributed by atoms with van der Waals surface area (Å²) in [6, 6.07) is 17.1. The zero-order chi connectivity index (χ0) is 29.5. The van der Waals surface area contributed by atoms with Crippen LogP contribution in [0.15, 0.2) is 60.7 Å². The lowest BCUT2D eigenvalue weighted by Crippen LogP contribution is -2.54. The maximum absolute atomic E-state index is 13.5. The number of methoxy groups -OCH3 is 2. The summed E-state index contributed by atoms with van der Waals surface area (Å²) in [6.45, 7) is 3.71. The van der Waals surface area contributed by atoms with Gasteiger partial charge in [0.1, 0.15) is 12.1 Å². The van der Waals surface area contributed by atoms with Crippen LogP contribution in [0.25, 0.3) is 0 Å². The van der Waals surface area contributed by atoms with E-state index in [9.17, 15) is 19.2 Å². The molecule has 2 atom stereocenters. The van der Waals surface area contributed by atoms with Gasteiger partial charge in [0, 0.05) is 31.7 Å². The molecule has 0 aliphatic heterocycles. The van der Waals surface area contributed by atoms with Gasteiger partial charge >= 0.3 is 24.0 Å². The third kappa shape index (κ3) is 9.62. The lowest BCUT2D eigenvalue weighted by molar-refractivity contribution is -0.144. The van der Waals surface area contributed by atoms with E-state index in [1.165, 1.54) is 24.0 Å². The summed E-state index contributed by atoms with van der Waals surface area (Å²) in [4.78, 5) is 54.1.